The number of aliphatic hydroxyl groups excluding tert-OH is 1. The molecule has 1 unspecified atom stereocenters. The molecule has 0 saturated carbocycles. The zero-order valence-electron chi connectivity index (χ0n) is 19.9. The van der Waals surface area contributed by atoms with Crippen molar-refractivity contribution in [2.24, 2.45) is 5.92 Å². The monoisotopic (exact) mass is 495 g/mol. The SMILES string of the molecule is CC(C)CC(O)Nc1cncc(-c2ccc3[nH]nc(-c4nc5nccc(-c6cccs6)c5[nH]4)c3c2)c1. The number of pyridine rings is 2. The molecule has 0 bridgehead atoms. The summed E-state index contributed by atoms with van der Waals surface area (Å²) in [6, 6.07) is 14.3. The molecule has 0 saturated heterocycles. The Morgan fingerprint density at radius 2 is 2.00 bits per heavy atom. The maximum atomic E-state index is 10.3. The minimum Gasteiger partial charge on any atom is -0.374 e. The number of benzene rings is 1. The van der Waals surface area contributed by atoms with Crippen molar-refractivity contribution in [1.29, 1.82) is 0 Å². The Labute approximate surface area is 211 Å². The first-order chi connectivity index (χ1) is 17.5. The second-order valence-electron chi connectivity index (χ2n) is 9.20. The molecule has 0 fully saturated rings. The number of hydrogen-bond donors (Lipinski definition) is 4. The lowest BCUT2D eigenvalue weighted by atomic mass is 10.0. The van der Waals surface area contributed by atoms with E-state index in [1.165, 1.54) is 0 Å². The molecular weight excluding hydrogens is 470 g/mol. The summed E-state index contributed by atoms with van der Waals surface area (Å²) in [6.45, 7) is 4.16. The van der Waals surface area contributed by atoms with Gasteiger partial charge in [-0.25, -0.2) is 9.97 Å². The molecule has 5 heterocycles. The van der Waals surface area contributed by atoms with Crippen LogP contribution in [0.15, 0.2) is 66.4 Å². The van der Waals surface area contributed by atoms with Crippen molar-refractivity contribution in [3.8, 4) is 33.1 Å². The van der Waals surface area contributed by atoms with Gasteiger partial charge in [0.15, 0.2) is 11.5 Å². The molecule has 8 nitrogen and oxygen atoms in total. The van der Waals surface area contributed by atoms with E-state index >= 15 is 0 Å². The standard InChI is InChI=1S/C27H25N7OS/c1-15(2)10-23(35)30-18-11-17(13-28-14-18)16-5-6-21-20(12-16)25(34-33-21)27-31-24-19(22-4-3-9-36-22)7-8-29-26(24)32-27/h3-9,11-15,23,30,35H,10H2,1-2H3,(H,33,34)(H,29,31,32). The number of aromatic amines is 2. The molecule has 6 aromatic rings. The van der Waals surface area contributed by atoms with Crippen molar-refractivity contribution in [1.82, 2.24) is 30.1 Å². The lowest BCUT2D eigenvalue weighted by molar-refractivity contribution is 0.176. The average molecular weight is 496 g/mol. The molecule has 1 atom stereocenters. The molecule has 1 aromatic carbocycles. The number of hydrogen-bond acceptors (Lipinski definition) is 7. The fourth-order valence-corrected chi connectivity index (χ4v) is 5.17. The third kappa shape index (κ3) is 4.23. The molecule has 0 spiro atoms. The second-order valence-corrected chi connectivity index (χ2v) is 10.2. The highest BCUT2D eigenvalue weighted by Crippen LogP contribution is 2.34. The van der Waals surface area contributed by atoms with Gasteiger partial charge >= 0.3 is 0 Å². The summed E-state index contributed by atoms with van der Waals surface area (Å²) in [7, 11) is 0. The first kappa shape index (κ1) is 22.4. The lowest BCUT2D eigenvalue weighted by Crippen LogP contribution is -2.20. The summed E-state index contributed by atoms with van der Waals surface area (Å²) < 4.78 is 0. The highest BCUT2D eigenvalue weighted by Gasteiger charge is 2.17. The number of nitrogens with one attached hydrogen (secondary N) is 3. The van der Waals surface area contributed by atoms with Crippen molar-refractivity contribution < 1.29 is 5.11 Å². The predicted molar refractivity (Wildman–Crippen MR) is 145 cm³/mol. The number of aliphatic hydroxyl groups is 1. The van der Waals surface area contributed by atoms with Crippen LogP contribution in [0.3, 0.4) is 0 Å². The Kier molecular flexibility index (Phi) is 5.71. The fraction of sp³-hybridized carbons (Fsp3) is 0.185. The Bertz CT molecular complexity index is 1650. The van der Waals surface area contributed by atoms with Crippen LogP contribution in [0, 0.1) is 5.92 Å². The van der Waals surface area contributed by atoms with Crippen molar-refractivity contribution >= 4 is 39.1 Å². The molecule has 0 aliphatic carbocycles. The highest BCUT2D eigenvalue weighted by molar-refractivity contribution is 7.13. The fourth-order valence-electron chi connectivity index (χ4n) is 4.41. The lowest BCUT2D eigenvalue weighted by Gasteiger charge is -2.16. The molecule has 9 heteroatoms. The zero-order chi connectivity index (χ0) is 24.6. The number of rotatable bonds is 7. The van der Waals surface area contributed by atoms with Crippen LogP contribution in [-0.4, -0.2) is 41.5 Å². The normalized spacial score (nSPS) is 12.6. The summed E-state index contributed by atoms with van der Waals surface area (Å²) in [5.74, 6) is 1.05. The molecule has 6 rings (SSSR count). The van der Waals surface area contributed by atoms with Gasteiger partial charge in [-0.3, -0.25) is 10.1 Å². The predicted octanol–water partition coefficient (Wildman–Crippen LogP) is 6.07. The third-order valence-corrected chi connectivity index (χ3v) is 6.97. The van der Waals surface area contributed by atoms with Crippen LogP contribution in [0.25, 0.3) is 55.2 Å². The largest absolute Gasteiger partial charge is 0.374 e. The molecule has 180 valence electrons. The van der Waals surface area contributed by atoms with Crippen molar-refractivity contribution in [3.63, 3.8) is 0 Å². The van der Waals surface area contributed by atoms with E-state index in [0.29, 0.717) is 23.8 Å². The number of nitrogens with zero attached hydrogens (tertiary/aromatic N) is 4. The maximum absolute atomic E-state index is 10.3. The minimum absolute atomic E-state index is 0.389. The molecule has 0 aliphatic heterocycles. The second kappa shape index (κ2) is 9.18. The van der Waals surface area contributed by atoms with Gasteiger partial charge in [-0.15, -0.1) is 11.3 Å². The van der Waals surface area contributed by atoms with E-state index < -0.39 is 6.23 Å². The zero-order valence-corrected chi connectivity index (χ0v) is 20.7. The van der Waals surface area contributed by atoms with Crippen molar-refractivity contribution in [3.05, 3.63) is 66.4 Å². The van der Waals surface area contributed by atoms with E-state index in [-0.39, 0.29) is 0 Å². The highest BCUT2D eigenvalue weighted by atomic mass is 32.1. The number of H-pyrrole nitrogens is 2. The summed E-state index contributed by atoms with van der Waals surface area (Å²) in [5, 5.41) is 24.1. The number of aromatic nitrogens is 6. The van der Waals surface area contributed by atoms with Crippen LogP contribution in [0.5, 0.6) is 0 Å². The van der Waals surface area contributed by atoms with E-state index in [0.717, 1.165) is 49.4 Å². The Hall–Kier alpha value is -4.08. The van der Waals surface area contributed by atoms with Crippen LogP contribution < -0.4 is 5.32 Å². The van der Waals surface area contributed by atoms with Crippen LogP contribution in [0.1, 0.15) is 20.3 Å². The van der Waals surface area contributed by atoms with Gasteiger partial charge in [-0.1, -0.05) is 26.0 Å². The van der Waals surface area contributed by atoms with Crippen LogP contribution in [-0.2, 0) is 0 Å². The summed E-state index contributed by atoms with van der Waals surface area (Å²) >= 11 is 1.68. The topological polar surface area (TPSA) is 115 Å². The van der Waals surface area contributed by atoms with E-state index in [4.69, 9.17) is 4.98 Å². The number of imidazole rings is 1. The molecule has 0 aliphatic rings. The van der Waals surface area contributed by atoms with Crippen molar-refractivity contribution in [2.45, 2.75) is 26.5 Å². The summed E-state index contributed by atoms with van der Waals surface area (Å²) in [4.78, 5) is 18.2. The van der Waals surface area contributed by atoms with Gasteiger partial charge in [0.2, 0.25) is 0 Å². The Morgan fingerprint density at radius 1 is 1.08 bits per heavy atom. The molecule has 0 radical (unpaired) electrons. The van der Waals surface area contributed by atoms with Gasteiger partial charge in [0.1, 0.15) is 11.9 Å². The molecule has 0 amide bonds. The van der Waals surface area contributed by atoms with E-state index in [2.05, 4.69) is 61.8 Å². The van der Waals surface area contributed by atoms with E-state index in [1.54, 1.807) is 23.7 Å². The number of anilines is 1. The first-order valence-corrected chi connectivity index (χ1v) is 12.7. The third-order valence-electron chi connectivity index (χ3n) is 6.07. The van der Waals surface area contributed by atoms with Crippen molar-refractivity contribution in [2.75, 3.05) is 5.32 Å². The molecular formula is C27H25N7OS. The summed E-state index contributed by atoms with van der Waals surface area (Å²) in [6.07, 6.45) is 5.37. The Morgan fingerprint density at radius 3 is 2.83 bits per heavy atom. The van der Waals surface area contributed by atoms with Crippen LogP contribution in [0.2, 0.25) is 0 Å². The number of fused-ring (bicyclic) bond motifs is 2. The van der Waals surface area contributed by atoms with E-state index in [9.17, 15) is 5.11 Å². The quantitative estimate of drug-likeness (QED) is 0.200. The maximum Gasteiger partial charge on any atom is 0.178 e. The van der Waals surface area contributed by atoms with Crippen LogP contribution >= 0.6 is 11.3 Å². The van der Waals surface area contributed by atoms with Gasteiger partial charge in [0.05, 0.1) is 22.9 Å². The van der Waals surface area contributed by atoms with Gasteiger partial charge in [0.25, 0.3) is 0 Å². The van der Waals surface area contributed by atoms with Gasteiger partial charge in [-0.05, 0) is 53.6 Å². The van der Waals surface area contributed by atoms with E-state index in [1.807, 2.05) is 36.5 Å². The number of thiophene rings is 1. The molecule has 36 heavy (non-hydrogen) atoms. The van der Waals surface area contributed by atoms with Crippen LogP contribution in [0.4, 0.5) is 5.69 Å². The Balaban J connectivity index is 1.37. The van der Waals surface area contributed by atoms with Gasteiger partial charge in [0, 0.05) is 33.8 Å². The first-order valence-electron chi connectivity index (χ1n) is 11.8. The minimum atomic E-state index is -0.620. The average Bonchev–Trinajstić information content (AvgIpc) is 3.62. The smallest absolute Gasteiger partial charge is 0.178 e. The van der Waals surface area contributed by atoms with Gasteiger partial charge in [-0.2, -0.15) is 5.10 Å². The molecule has 4 N–H and O–H groups in total. The van der Waals surface area contributed by atoms with Gasteiger partial charge < -0.3 is 15.4 Å². The molecule has 5 aromatic heterocycles. The summed E-state index contributed by atoms with van der Waals surface area (Å²) in [5.41, 5.74) is 6.98.